The third-order valence-electron chi connectivity index (χ3n) is 10.7. The van der Waals surface area contributed by atoms with Gasteiger partial charge in [-0.2, -0.15) is 0 Å². The van der Waals surface area contributed by atoms with E-state index in [0.29, 0.717) is 0 Å². The van der Waals surface area contributed by atoms with Gasteiger partial charge in [0.05, 0.1) is 27.9 Å². The topological polar surface area (TPSA) is 38.4 Å². The van der Waals surface area contributed by atoms with Gasteiger partial charge in [-0.25, -0.2) is 9.97 Å². The van der Waals surface area contributed by atoms with E-state index in [1.807, 2.05) is 0 Å². The van der Waals surface area contributed by atoms with Crippen LogP contribution < -0.4 is 4.90 Å². The first kappa shape index (κ1) is 31.1. The van der Waals surface area contributed by atoms with Crippen LogP contribution in [0.15, 0.2) is 200 Å². The lowest BCUT2D eigenvalue weighted by molar-refractivity contribution is 1.17. The van der Waals surface area contributed by atoms with Crippen LogP contribution in [0.2, 0.25) is 0 Å². The highest BCUT2D eigenvalue weighted by atomic mass is 15.2. The van der Waals surface area contributed by atoms with Crippen LogP contribution in [-0.2, 0) is 0 Å². The van der Waals surface area contributed by atoms with Gasteiger partial charge in [0.1, 0.15) is 16.7 Å². The molecule has 11 aromatic rings. The summed E-state index contributed by atoms with van der Waals surface area (Å²) in [5.74, 6) is 0. The van der Waals surface area contributed by atoms with Gasteiger partial charge in [-0.1, -0.05) is 133 Å². The maximum atomic E-state index is 5.48. The zero-order valence-corrected chi connectivity index (χ0v) is 29.8. The lowest BCUT2D eigenvalue weighted by atomic mass is 10.1. The molecule has 7 aromatic carbocycles. The largest absolute Gasteiger partial charge is 0.309 e. The van der Waals surface area contributed by atoms with E-state index in [1.165, 1.54) is 21.8 Å². The van der Waals surface area contributed by atoms with E-state index < -0.39 is 0 Å². The molecule has 5 heteroatoms. The van der Waals surface area contributed by atoms with Crippen molar-refractivity contribution in [3.05, 3.63) is 200 Å². The Morgan fingerprint density at radius 3 is 1.62 bits per heavy atom. The molecular weight excluding hydrogens is 671 g/mol. The van der Waals surface area contributed by atoms with E-state index in [4.69, 9.17) is 9.97 Å². The van der Waals surface area contributed by atoms with Crippen LogP contribution >= 0.6 is 0 Å². The minimum absolute atomic E-state index is 0.882. The van der Waals surface area contributed by atoms with Crippen molar-refractivity contribution in [3.63, 3.8) is 0 Å². The molecule has 55 heavy (non-hydrogen) atoms. The number of imidazole rings is 1. The van der Waals surface area contributed by atoms with Gasteiger partial charge >= 0.3 is 0 Å². The molecule has 0 aliphatic heterocycles. The molecule has 0 aliphatic carbocycles. The molecule has 258 valence electrons. The van der Waals surface area contributed by atoms with Gasteiger partial charge in [0, 0.05) is 50.5 Å². The Kier molecular flexibility index (Phi) is 7.10. The number of para-hydroxylation sites is 5. The van der Waals surface area contributed by atoms with Crippen LogP contribution in [0.3, 0.4) is 0 Å². The minimum Gasteiger partial charge on any atom is -0.309 e. The maximum absolute atomic E-state index is 5.48. The second-order valence-corrected chi connectivity index (χ2v) is 13.9. The Morgan fingerprint density at radius 2 is 0.982 bits per heavy atom. The van der Waals surface area contributed by atoms with E-state index in [1.54, 1.807) is 0 Å². The zero-order valence-electron chi connectivity index (χ0n) is 29.8. The fraction of sp³-hybridized carbons (Fsp3) is 0. The van der Waals surface area contributed by atoms with Crippen LogP contribution in [-0.4, -0.2) is 18.9 Å². The first-order valence-electron chi connectivity index (χ1n) is 18.6. The molecule has 4 heterocycles. The fourth-order valence-electron chi connectivity index (χ4n) is 8.21. The Balaban J connectivity index is 1.19. The molecule has 0 saturated carbocycles. The van der Waals surface area contributed by atoms with Crippen molar-refractivity contribution in [2.45, 2.75) is 0 Å². The highest BCUT2D eigenvalue weighted by molar-refractivity contribution is 6.11. The number of hydrogen-bond donors (Lipinski definition) is 0. The predicted octanol–water partition coefficient (Wildman–Crippen LogP) is 12.9. The lowest BCUT2D eigenvalue weighted by Gasteiger charge is -2.26. The molecular formula is C50H33N5. The average Bonchev–Trinajstić information content (AvgIpc) is 3.81. The van der Waals surface area contributed by atoms with Crippen LogP contribution in [0.4, 0.5) is 17.1 Å². The van der Waals surface area contributed by atoms with Crippen molar-refractivity contribution in [2.24, 2.45) is 0 Å². The van der Waals surface area contributed by atoms with Crippen molar-refractivity contribution in [1.29, 1.82) is 0 Å². The number of aromatic nitrogens is 4. The number of nitrogens with zero attached hydrogens (tertiary/aromatic N) is 5. The van der Waals surface area contributed by atoms with Crippen LogP contribution in [0.1, 0.15) is 0 Å². The number of hydrogen-bond acceptors (Lipinski definition) is 3. The molecule has 0 saturated heterocycles. The highest BCUT2D eigenvalue weighted by Gasteiger charge is 2.22. The van der Waals surface area contributed by atoms with Crippen molar-refractivity contribution >= 4 is 66.5 Å². The average molecular weight is 704 g/mol. The van der Waals surface area contributed by atoms with Crippen LogP contribution in [0.5, 0.6) is 0 Å². The molecule has 0 bridgehead atoms. The van der Waals surface area contributed by atoms with Gasteiger partial charge in [-0.05, 0) is 66.2 Å². The minimum atomic E-state index is 0.882. The van der Waals surface area contributed by atoms with Crippen molar-refractivity contribution in [2.75, 3.05) is 4.90 Å². The fourth-order valence-corrected chi connectivity index (χ4v) is 8.21. The molecule has 0 N–H and O–H groups in total. The quantitative estimate of drug-likeness (QED) is 0.173. The molecule has 0 atom stereocenters. The Hall–Kier alpha value is -7.50. The maximum Gasteiger partial charge on any atom is 0.146 e. The summed E-state index contributed by atoms with van der Waals surface area (Å²) >= 11 is 0. The van der Waals surface area contributed by atoms with Crippen molar-refractivity contribution in [1.82, 2.24) is 18.9 Å². The lowest BCUT2D eigenvalue weighted by Crippen LogP contribution is -2.11. The van der Waals surface area contributed by atoms with Crippen molar-refractivity contribution in [3.8, 4) is 28.1 Å². The molecule has 5 nitrogen and oxygen atoms in total. The van der Waals surface area contributed by atoms with Gasteiger partial charge in [-0.15, -0.1) is 0 Å². The van der Waals surface area contributed by atoms with Gasteiger partial charge in [0.15, 0.2) is 0 Å². The molecule has 0 amide bonds. The van der Waals surface area contributed by atoms with E-state index in [9.17, 15) is 0 Å². The molecule has 4 aromatic heterocycles. The third-order valence-corrected chi connectivity index (χ3v) is 10.7. The highest BCUT2D eigenvalue weighted by Crippen LogP contribution is 2.41. The molecule has 0 aliphatic rings. The number of fused-ring (bicyclic) bond motifs is 8. The van der Waals surface area contributed by atoms with E-state index in [0.717, 1.165) is 72.7 Å². The standard InChI is InChI=1S/C50H33N5/c1-4-16-34(17-5-1)43-32-39(54(36-18-6-2-7-19-36)37-20-8-3-9-21-37)33-53-49-47(51-44-25-13-10-24-42(44)48(49)52-50(43)53)35-28-30-38(31-29-35)55-45-26-14-11-22-40(45)41-23-12-15-27-46(41)55/h1-33H. The number of benzene rings is 7. The summed E-state index contributed by atoms with van der Waals surface area (Å²) in [5.41, 5.74) is 14.4. The Labute approximate surface area is 317 Å². The first-order chi connectivity index (χ1) is 27.3. The summed E-state index contributed by atoms with van der Waals surface area (Å²) < 4.78 is 4.62. The van der Waals surface area contributed by atoms with E-state index in [-0.39, 0.29) is 0 Å². The summed E-state index contributed by atoms with van der Waals surface area (Å²) in [6.45, 7) is 0. The summed E-state index contributed by atoms with van der Waals surface area (Å²) in [6, 6.07) is 68.4. The first-order valence-corrected chi connectivity index (χ1v) is 18.6. The van der Waals surface area contributed by atoms with E-state index in [2.05, 4.69) is 214 Å². The molecule has 0 spiro atoms. The molecule has 0 unspecified atom stereocenters. The second kappa shape index (κ2) is 12.6. The smallest absolute Gasteiger partial charge is 0.146 e. The normalized spacial score (nSPS) is 11.6. The summed E-state index contributed by atoms with van der Waals surface area (Å²) in [7, 11) is 0. The van der Waals surface area contributed by atoms with Crippen LogP contribution in [0.25, 0.3) is 77.5 Å². The monoisotopic (exact) mass is 703 g/mol. The zero-order chi connectivity index (χ0) is 36.3. The van der Waals surface area contributed by atoms with Gasteiger partial charge in [-0.3, -0.25) is 4.40 Å². The van der Waals surface area contributed by atoms with Gasteiger partial charge in [0.2, 0.25) is 0 Å². The Bertz CT molecular complexity index is 3090. The molecule has 11 rings (SSSR count). The SMILES string of the molecule is c1ccc(-c2cc(N(c3ccccc3)c3ccccc3)cn3c2nc2c4ccccc4nc(-c4ccc(-n5c6ccccc6c6ccccc65)cc4)c23)cc1. The number of anilines is 3. The summed E-state index contributed by atoms with van der Waals surface area (Å²) in [5, 5.41) is 3.52. The van der Waals surface area contributed by atoms with E-state index >= 15 is 0 Å². The molecule has 0 fully saturated rings. The number of rotatable bonds is 6. The van der Waals surface area contributed by atoms with Gasteiger partial charge in [0.25, 0.3) is 0 Å². The predicted molar refractivity (Wildman–Crippen MR) is 228 cm³/mol. The summed E-state index contributed by atoms with van der Waals surface area (Å²) in [4.78, 5) is 13.2. The van der Waals surface area contributed by atoms with Gasteiger partial charge < -0.3 is 9.47 Å². The number of pyridine rings is 2. The third kappa shape index (κ3) is 5.02. The van der Waals surface area contributed by atoms with Crippen molar-refractivity contribution < 1.29 is 0 Å². The Morgan fingerprint density at radius 1 is 0.436 bits per heavy atom. The van der Waals surface area contributed by atoms with Crippen LogP contribution in [0, 0.1) is 0 Å². The molecule has 0 radical (unpaired) electrons. The second-order valence-electron chi connectivity index (χ2n) is 13.9. The summed E-state index contributed by atoms with van der Waals surface area (Å²) in [6.07, 6.45) is 2.23.